The molecule has 0 radical (unpaired) electrons. The number of fused-ring (bicyclic) bond motifs is 1. The number of pyridine rings is 1. The minimum absolute atomic E-state index is 0.209. The quantitative estimate of drug-likeness (QED) is 0.307. The Kier molecular flexibility index (Phi) is 7.65. The molecule has 2 aliphatic carbocycles. The molecule has 0 amide bonds. The van der Waals surface area contributed by atoms with Gasteiger partial charge in [-0.2, -0.15) is 5.10 Å². The molecule has 9 heteroatoms. The number of nitrogens with zero attached hydrogens (tertiary/aromatic N) is 4. The molecule has 0 spiro atoms. The lowest BCUT2D eigenvalue weighted by molar-refractivity contribution is -0.137. The Morgan fingerprint density at radius 1 is 1.18 bits per heavy atom. The smallest absolute Gasteiger partial charge is 0.303 e. The number of aromatic nitrogens is 3. The van der Waals surface area contributed by atoms with Crippen LogP contribution in [0, 0.1) is 6.57 Å². The lowest BCUT2D eigenvalue weighted by atomic mass is 9.86. The zero-order valence-corrected chi connectivity index (χ0v) is 22.0. The number of halogens is 2. The summed E-state index contributed by atoms with van der Waals surface area (Å²) >= 11 is 0. The van der Waals surface area contributed by atoms with Crippen molar-refractivity contribution in [3.8, 4) is 5.88 Å². The summed E-state index contributed by atoms with van der Waals surface area (Å²) in [6.45, 7) is 7.89. The predicted molar refractivity (Wildman–Crippen MR) is 142 cm³/mol. The van der Waals surface area contributed by atoms with Gasteiger partial charge in [0.1, 0.15) is 0 Å². The molecule has 39 heavy (non-hydrogen) atoms. The topological polar surface area (TPSA) is 81.6 Å². The van der Waals surface area contributed by atoms with Crippen LogP contribution in [0.4, 0.5) is 14.5 Å². The molecule has 5 rings (SSSR count). The molecular formula is C30H32F2N4O3. The Morgan fingerprint density at radius 2 is 1.97 bits per heavy atom. The summed E-state index contributed by atoms with van der Waals surface area (Å²) in [6.07, 6.45) is 3.43. The fourth-order valence-electron chi connectivity index (χ4n) is 5.53. The van der Waals surface area contributed by atoms with E-state index >= 15 is 0 Å². The highest BCUT2D eigenvalue weighted by Crippen LogP contribution is 2.53. The van der Waals surface area contributed by atoms with Crippen molar-refractivity contribution in [2.45, 2.75) is 75.5 Å². The van der Waals surface area contributed by atoms with Gasteiger partial charge in [0.2, 0.25) is 12.3 Å². The van der Waals surface area contributed by atoms with Gasteiger partial charge >= 0.3 is 5.97 Å². The lowest BCUT2D eigenvalue weighted by Crippen LogP contribution is -2.18. The molecule has 1 saturated carbocycles. The lowest BCUT2D eigenvalue weighted by Gasteiger charge is -2.20. The largest absolute Gasteiger partial charge is 0.481 e. The number of alkyl halides is 2. The maximum absolute atomic E-state index is 13.8. The highest BCUT2D eigenvalue weighted by atomic mass is 19.3. The summed E-state index contributed by atoms with van der Waals surface area (Å²) in [7, 11) is 1.76. The van der Waals surface area contributed by atoms with Gasteiger partial charge in [-0.15, -0.1) is 0 Å². The molecule has 0 bridgehead atoms. The predicted octanol–water partition coefficient (Wildman–Crippen LogP) is 5.96. The number of ether oxygens (including phenoxy) is 1. The normalized spacial score (nSPS) is 16.4. The maximum Gasteiger partial charge on any atom is 0.303 e. The maximum atomic E-state index is 13.8. The number of benzene rings is 1. The number of hydrogen-bond acceptors (Lipinski definition) is 4. The van der Waals surface area contributed by atoms with Crippen LogP contribution in [-0.4, -0.2) is 38.9 Å². The van der Waals surface area contributed by atoms with Crippen LogP contribution in [0.15, 0.2) is 36.4 Å². The zero-order chi connectivity index (χ0) is 27.6. The molecule has 2 aromatic heterocycles. The van der Waals surface area contributed by atoms with Crippen LogP contribution in [0.3, 0.4) is 0 Å². The molecule has 1 N–H and O–H groups in total. The van der Waals surface area contributed by atoms with Crippen molar-refractivity contribution in [3.63, 3.8) is 0 Å². The fourth-order valence-corrected chi connectivity index (χ4v) is 5.53. The van der Waals surface area contributed by atoms with Crippen molar-refractivity contribution in [3.05, 3.63) is 81.6 Å². The van der Waals surface area contributed by atoms with E-state index in [1.54, 1.807) is 29.9 Å². The highest BCUT2D eigenvalue weighted by molar-refractivity contribution is 5.68. The van der Waals surface area contributed by atoms with Gasteiger partial charge in [-0.1, -0.05) is 29.8 Å². The number of rotatable bonds is 11. The Morgan fingerprint density at radius 3 is 2.69 bits per heavy atom. The third-order valence-electron chi connectivity index (χ3n) is 7.93. The molecule has 3 aromatic rings. The minimum Gasteiger partial charge on any atom is -0.481 e. The van der Waals surface area contributed by atoms with Crippen molar-refractivity contribution in [1.82, 2.24) is 14.8 Å². The first-order chi connectivity index (χ1) is 18.8. The van der Waals surface area contributed by atoms with Gasteiger partial charge in [0, 0.05) is 30.9 Å². The van der Waals surface area contributed by atoms with Gasteiger partial charge in [-0.05, 0) is 68.1 Å². The molecule has 2 heterocycles. The zero-order valence-electron chi connectivity index (χ0n) is 22.0. The van der Waals surface area contributed by atoms with Gasteiger partial charge in [0.15, 0.2) is 5.69 Å². The van der Waals surface area contributed by atoms with Gasteiger partial charge in [0.05, 0.1) is 30.7 Å². The van der Waals surface area contributed by atoms with Crippen molar-refractivity contribution >= 4 is 11.7 Å². The Balaban J connectivity index is 1.30. The summed E-state index contributed by atoms with van der Waals surface area (Å²) in [5.41, 5.74) is 4.15. The Hall–Kier alpha value is -3.80. The first-order valence-electron chi connectivity index (χ1n) is 13.4. The summed E-state index contributed by atoms with van der Waals surface area (Å²) < 4.78 is 35.2. The van der Waals surface area contributed by atoms with Crippen LogP contribution in [0.2, 0.25) is 0 Å². The van der Waals surface area contributed by atoms with Crippen LogP contribution in [0.5, 0.6) is 5.88 Å². The molecule has 204 valence electrons. The number of aliphatic carboxylic acids is 1. The van der Waals surface area contributed by atoms with Crippen LogP contribution in [-0.2, 0) is 42.9 Å². The molecule has 2 aliphatic rings. The minimum atomic E-state index is -2.53. The van der Waals surface area contributed by atoms with Crippen molar-refractivity contribution < 1.29 is 23.4 Å². The number of carboxylic acid groups (broad SMARTS) is 1. The van der Waals surface area contributed by atoms with Gasteiger partial charge in [0.25, 0.3) is 0 Å². The van der Waals surface area contributed by atoms with E-state index in [0.717, 1.165) is 18.5 Å². The fraction of sp³-hybridized carbons (Fsp3) is 0.467. The van der Waals surface area contributed by atoms with Crippen LogP contribution in [0.1, 0.15) is 71.8 Å². The standard InChI is InChI=1S/C30H32F2N4O3/c1-33-24-14-20(13-22(17-24)30(10-11-30)29(31)32)21(16-28(37)38)15-25-18-27(36(2)35-25)39-12-9-23-8-7-19-5-3-4-6-26(19)34-23/h7-8,13-14,17-18,21,29H,3-6,9-12,15-16H2,2H3,(H,37,38). The van der Waals surface area contributed by atoms with E-state index in [-0.39, 0.29) is 18.5 Å². The molecule has 1 aromatic carbocycles. The number of hydrogen-bond donors (Lipinski definition) is 1. The van der Waals surface area contributed by atoms with E-state index in [9.17, 15) is 18.7 Å². The van der Waals surface area contributed by atoms with Gasteiger partial charge in [-0.25, -0.2) is 18.3 Å². The van der Waals surface area contributed by atoms with E-state index in [0.29, 0.717) is 48.6 Å². The van der Waals surface area contributed by atoms with Crippen LogP contribution < -0.4 is 4.74 Å². The summed E-state index contributed by atoms with van der Waals surface area (Å²) in [5, 5.41) is 14.1. The van der Waals surface area contributed by atoms with E-state index in [4.69, 9.17) is 16.3 Å². The molecule has 1 atom stereocenters. The Bertz CT molecular complexity index is 1410. The number of aryl methyl sites for hydroxylation is 3. The van der Waals surface area contributed by atoms with E-state index < -0.39 is 23.7 Å². The first kappa shape index (κ1) is 26.8. The molecule has 0 aliphatic heterocycles. The van der Waals surface area contributed by atoms with E-state index in [1.165, 1.54) is 30.2 Å². The second-order valence-electron chi connectivity index (χ2n) is 10.7. The van der Waals surface area contributed by atoms with Crippen molar-refractivity contribution in [2.75, 3.05) is 6.61 Å². The molecule has 7 nitrogen and oxygen atoms in total. The molecule has 1 unspecified atom stereocenters. The van der Waals surface area contributed by atoms with E-state index in [1.807, 2.05) is 0 Å². The van der Waals surface area contributed by atoms with Crippen molar-refractivity contribution in [2.24, 2.45) is 7.05 Å². The third kappa shape index (κ3) is 5.95. The van der Waals surface area contributed by atoms with E-state index in [2.05, 4.69) is 22.1 Å². The Labute approximate surface area is 226 Å². The molecular weight excluding hydrogens is 502 g/mol. The third-order valence-corrected chi connectivity index (χ3v) is 7.93. The van der Waals surface area contributed by atoms with Gasteiger partial charge in [-0.3, -0.25) is 9.78 Å². The molecule has 0 saturated heterocycles. The first-order valence-corrected chi connectivity index (χ1v) is 13.4. The number of carboxylic acids is 1. The van der Waals surface area contributed by atoms with Gasteiger partial charge < -0.3 is 9.84 Å². The summed E-state index contributed by atoms with van der Waals surface area (Å²) in [4.78, 5) is 20.0. The SMILES string of the molecule is [C-]#[N+]c1cc(C(CC(=O)O)Cc2cc(OCCc3ccc4c(n3)CCCC4)n(C)n2)cc(C2(C(F)F)CC2)c1. The number of carbonyl (C=O) groups is 1. The second kappa shape index (κ2) is 11.1. The second-order valence-corrected chi connectivity index (χ2v) is 10.7. The average Bonchev–Trinajstić information content (AvgIpc) is 3.67. The van der Waals surface area contributed by atoms with Crippen LogP contribution >= 0.6 is 0 Å². The molecule has 1 fully saturated rings. The van der Waals surface area contributed by atoms with Crippen molar-refractivity contribution in [1.29, 1.82) is 0 Å². The summed E-state index contributed by atoms with van der Waals surface area (Å²) in [6, 6.07) is 10.8. The van der Waals surface area contributed by atoms with Crippen LogP contribution in [0.25, 0.3) is 4.85 Å². The monoisotopic (exact) mass is 534 g/mol. The average molecular weight is 535 g/mol. The summed E-state index contributed by atoms with van der Waals surface area (Å²) in [5.74, 6) is -0.976. The highest BCUT2D eigenvalue weighted by Gasteiger charge is 2.52.